The third-order valence-corrected chi connectivity index (χ3v) is 0. The summed E-state index contributed by atoms with van der Waals surface area (Å²) < 4.78 is 0. The molecule has 56 valence electrons. The van der Waals surface area contributed by atoms with Gasteiger partial charge >= 0.3 is 21.7 Å². The molecule has 0 saturated heterocycles. The summed E-state index contributed by atoms with van der Waals surface area (Å²) in [6, 6.07) is 0. The van der Waals surface area contributed by atoms with Crippen molar-refractivity contribution >= 4 is 14.1 Å². The van der Waals surface area contributed by atoms with Crippen molar-refractivity contribution in [3.8, 4) is 0 Å². The average Bonchev–Trinajstić information content (AvgIpc) is 0.811. The molecule has 0 aromatic carbocycles. The molecule has 0 rings (SSSR count). The predicted molar refractivity (Wildman–Crippen MR) is 49.0 cm³/mol. The van der Waals surface area contributed by atoms with Gasteiger partial charge in [-0.1, -0.05) is 0 Å². The maximum absolute atomic E-state index is 2.31. The minimum Gasteiger partial charge on any atom is -0.358 e. The van der Waals surface area contributed by atoms with Crippen LogP contribution in [-0.2, 0) is 21.7 Å². The molecule has 0 amide bonds. The third-order valence-electron chi connectivity index (χ3n) is 0. The molecule has 0 aliphatic rings. The van der Waals surface area contributed by atoms with Gasteiger partial charge in [0.2, 0.25) is 0 Å². The molecule has 0 N–H and O–H groups in total. The molecule has 0 aliphatic carbocycles. The molecule has 0 radical (unpaired) electrons. The summed E-state index contributed by atoms with van der Waals surface area (Å²) in [7, 11) is 0. The summed E-state index contributed by atoms with van der Waals surface area (Å²) in [5.41, 5.74) is 0. The summed E-state index contributed by atoms with van der Waals surface area (Å²) >= 11 is -0.139. The van der Waals surface area contributed by atoms with E-state index in [1.807, 2.05) is 0 Å². The van der Waals surface area contributed by atoms with Crippen molar-refractivity contribution in [1.82, 2.24) is 0 Å². The van der Waals surface area contributed by atoms with Crippen molar-refractivity contribution in [1.29, 1.82) is 0 Å². The Balaban J connectivity index is -0.00000000450. The summed E-state index contributed by atoms with van der Waals surface area (Å²) in [5.74, 6) is 6.92. The quantitative estimate of drug-likeness (QED) is 0.396. The van der Waals surface area contributed by atoms with Gasteiger partial charge in [0.15, 0.2) is 0 Å². The normalized spacial score (nSPS) is 3.00. The van der Waals surface area contributed by atoms with Crippen molar-refractivity contribution in [2.24, 2.45) is 0 Å². The van der Waals surface area contributed by atoms with Gasteiger partial charge in [-0.25, -0.2) is 0 Å². The van der Waals surface area contributed by atoms with Crippen LogP contribution in [0.25, 0.3) is 0 Å². The minimum absolute atomic E-state index is 0. The Morgan fingerprint density at radius 3 is 0.667 bits per heavy atom. The Hall–Kier alpha value is 1.25. The van der Waals surface area contributed by atoms with E-state index in [0.717, 1.165) is 0 Å². The second-order valence-electron chi connectivity index (χ2n) is 1.73. The number of rotatable bonds is 0. The van der Waals surface area contributed by atoms with E-state index in [-0.39, 0.29) is 65.6 Å². The van der Waals surface area contributed by atoms with Gasteiger partial charge in [-0.15, -0.1) is 17.4 Å². The second kappa shape index (κ2) is 34.9. The summed E-state index contributed by atoms with van der Waals surface area (Å²) in [5, 5.41) is 0. The summed E-state index contributed by atoms with van der Waals surface area (Å²) in [4.78, 5) is 0. The first-order valence-electron chi connectivity index (χ1n) is 1.73. The monoisotopic (exact) mass is 180 g/mol. The molecule has 0 unspecified atom stereocenters. The summed E-state index contributed by atoms with van der Waals surface area (Å²) in [6.07, 6.45) is 0. The van der Waals surface area contributed by atoms with Crippen LogP contribution >= 0.6 is 0 Å². The fourth-order valence-corrected chi connectivity index (χ4v) is 0. The Bertz CT molecular complexity index is 13.6. The van der Waals surface area contributed by atoms with Crippen molar-refractivity contribution in [2.45, 2.75) is 17.4 Å². The molecule has 0 bridgehead atoms. The van der Waals surface area contributed by atoms with Gasteiger partial charge in [-0.05, 0) is 0 Å². The average molecular weight is 180 g/mol. The molecule has 9 heavy (non-hydrogen) atoms. The van der Waals surface area contributed by atoms with E-state index in [9.17, 15) is 0 Å². The molecule has 0 heterocycles. The van der Waals surface area contributed by atoms with Gasteiger partial charge in [0.1, 0.15) is 0 Å². The molecule has 2 heteroatoms. The zero-order valence-electron chi connectivity index (χ0n) is 8.08. The zero-order valence-corrected chi connectivity index (χ0v) is 10.8. The standard InChI is InChI=1S/7CH3.Al.Ti/h7*1H3;;/q;;;4*-1;;+4. The van der Waals surface area contributed by atoms with Crippen molar-refractivity contribution < 1.29 is 21.7 Å². The molecule has 0 fully saturated rings. The van der Waals surface area contributed by atoms with Gasteiger partial charge in [-0.3, -0.25) is 0 Å². The number of hydrogen-bond acceptors (Lipinski definition) is 0. The SMILES string of the molecule is [CH3-].[CH3-].[CH3-].[CH3-].[CH3][Al]([CH3])[CH3].[Ti+4]. The van der Waals surface area contributed by atoms with Gasteiger partial charge in [-0.2, -0.15) is 0 Å². The van der Waals surface area contributed by atoms with Crippen LogP contribution in [0.2, 0.25) is 17.4 Å². The van der Waals surface area contributed by atoms with Crippen molar-refractivity contribution in [3.05, 3.63) is 29.7 Å². The molecular formula is C7H21AlTi. The topological polar surface area (TPSA) is 0 Å². The zero-order chi connectivity index (χ0) is 3.58. The molecule has 0 atom stereocenters. The summed E-state index contributed by atoms with van der Waals surface area (Å²) in [6.45, 7) is 0. The molecule has 0 aliphatic heterocycles. The van der Waals surface area contributed by atoms with E-state index in [1.165, 1.54) is 0 Å². The Labute approximate surface area is 82.7 Å². The first-order chi connectivity index (χ1) is 1.73. The Kier molecular flexibility index (Phi) is 188. The van der Waals surface area contributed by atoms with Crippen LogP contribution in [0.15, 0.2) is 0 Å². The van der Waals surface area contributed by atoms with E-state index in [4.69, 9.17) is 0 Å². The molecule has 0 spiro atoms. The molecule has 0 saturated carbocycles. The van der Waals surface area contributed by atoms with Gasteiger partial charge < -0.3 is 29.7 Å². The van der Waals surface area contributed by atoms with Crippen LogP contribution in [0, 0.1) is 29.7 Å². The first kappa shape index (κ1) is 48.6. The van der Waals surface area contributed by atoms with Crippen LogP contribution in [0.3, 0.4) is 0 Å². The smallest absolute Gasteiger partial charge is 0.358 e. The predicted octanol–water partition coefficient (Wildman–Crippen LogP) is 3.17. The number of hydrogen-bond donors (Lipinski definition) is 0. The minimum atomic E-state index is -0.139. The first-order valence-corrected chi connectivity index (χ1v) is 5.20. The molecular weight excluding hydrogens is 159 g/mol. The Morgan fingerprint density at radius 1 is 0.667 bits per heavy atom. The molecule has 0 aromatic heterocycles. The molecule has 0 aromatic rings. The second-order valence-corrected chi connectivity index (χ2v) is 5.20. The van der Waals surface area contributed by atoms with Crippen LogP contribution < -0.4 is 0 Å². The third kappa shape index (κ3) is 312. The Morgan fingerprint density at radius 2 is 0.667 bits per heavy atom. The van der Waals surface area contributed by atoms with Gasteiger partial charge in [0.05, 0.1) is 0 Å². The van der Waals surface area contributed by atoms with Crippen molar-refractivity contribution in [3.63, 3.8) is 0 Å². The van der Waals surface area contributed by atoms with Crippen LogP contribution in [0.1, 0.15) is 0 Å². The van der Waals surface area contributed by atoms with E-state index in [1.54, 1.807) is 0 Å². The maximum Gasteiger partial charge on any atom is 4.00 e. The van der Waals surface area contributed by atoms with Crippen LogP contribution in [-0.4, -0.2) is 14.1 Å². The van der Waals surface area contributed by atoms with E-state index in [2.05, 4.69) is 17.4 Å². The van der Waals surface area contributed by atoms with Gasteiger partial charge in [0, 0.05) is 0 Å². The van der Waals surface area contributed by atoms with E-state index >= 15 is 0 Å². The van der Waals surface area contributed by atoms with Gasteiger partial charge in [0.25, 0.3) is 14.1 Å². The van der Waals surface area contributed by atoms with E-state index < -0.39 is 0 Å². The molecule has 0 nitrogen and oxygen atoms in total. The fourth-order valence-electron chi connectivity index (χ4n) is 0. The largest absolute Gasteiger partial charge is 4.00 e. The fraction of sp³-hybridized carbons (Fsp3) is 0.429. The van der Waals surface area contributed by atoms with Crippen LogP contribution in [0.4, 0.5) is 0 Å². The maximum atomic E-state index is 2.31. The van der Waals surface area contributed by atoms with E-state index in [0.29, 0.717) is 0 Å². The van der Waals surface area contributed by atoms with Crippen LogP contribution in [0.5, 0.6) is 0 Å². The van der Waals surface area contributed by atoms with Crippen molar-refractivity contribution in [2.75, 3.05) is 0 Å².